The number of carbonyl (C=O) groups is 2. The van der Waals surface area contributed by atoms with Crippen LogP contribution in [0, 0.1) is 0 Å². The monoisotopic (exact) mass is 425 g/mol. The summed E-state index contributed by atoms with van der Waals surface area (Å²) in [4.78, 5) is 26.1. The van der Waals surface area contributed by atoms with Gasteiger partial charge in [0.25, 0.3) is 0 Å². The van der Waals surface area contributed by atoms with Crippen molar-refractivity contribution in [2.75, 3.05) is 43.1 Å². The molecular formula is C24H31N3O4. The van der Waals surface area contributed by atoms with E-state index >= 15 is 0 Å². The molecule has 0 bridgehead atoms. The van der Waals surface area contributed by atoms with Crippen LogP contribution in [0.1, 0.15) is 31.2 Å². The third kappa shape index (κ3) is 8.30. The lowest BCUT2D eigenvalue weighted by Gasteiger charge is -2.28. The topological polar surface area (TPSA) is 79.9 Å². The van der Waals surface area contributed by atoms with E-state index in [0.717, 1.165) is 62.5 Å². The highest BCUT2D eigenvalue weighted by atomic mass is 16.5. The lowest BCUT2D eigenvalue weighted by Crippen LogP contribution is -2.36. The molecule has 0 aromatic heterocycles. The number of ether oxygens (including phenoxy) is 2. The summed E-state index contributed by atoms with van der Waals surface area (Å²) in [6, 6.07) is 17.5. The SMILES string of the molecule is O=C(CCCCCNC(=O)OCc1ccccc1)Nc1ccc(N2CCOCC2)cc1. The Morgan fingerprint density at radius 3 is 2.42 bits per heavy atom. The van der Waals surface area contributed by atoms with E-state index in [0.29, 0.717) is 13.0 Å². The number of benzene rings is 2. The van der Waals surface area contributed by atoms with Crippen molar-refractivity contribution >= 4 is 23.4 Å². The molecule has 0 saturated carbocycles. The summed E-state index contributed by atoms with van der Waals surface area (Å²) < 4.78 is 10.5. The van der Waals surface area contributed by atoms with Crippen molar-refractivity contribution < 1.29 is 19.1 Å². The number of hydrogen-bond acceptors (Lipinski definition) is 5. The van der Waals surface area contributed by atoms with E-state index in [4.69, 9.17) is 9.47 Å². The average Bonchev–Trinajstić information content (AvgIpc) is 2.81. The molecular weight excluding hydrogens is 394 g/mol. The van der Waals surface area contributed by atoms with E-state index < -0.39 is 6.09 Å². The van der Waals surface area contributed by atoms with Gasteiger partial charge >= 0.3 is 6.09 Å². The van der Waals surface area contributed by atoms with E-state index in [1.165, 1.54) is 0 Å². The molecule has 1 fully saturated rings. The number of nitrogens with one attached hydrogen (secondary N) is 2. The molecule has 3 rings (SSSR count). The summed E-state index contributed by atoms with van der Waals surface area (Å²) in [6.45, 7) is 4.10. The first-order valence-electron chi connectivity index (χ1n) is 10.9. The zero-order valence-electron chi connectivity index (χ0n) is 17.8. The molecule has 7 nitrogen and oxygen atoms in total. The molecule has 1 aliphatic heterocycles. The maximum atomic E-state index is 12.1. The van der Waals surface area contributed by atoms with Gasteiger partial charge in [-0.3, -0.25) is 4.79 Å². The highest BCUT2D eigenvalue weighted by molar-refractivity contribution is 5.90. The van der Waals surface area contributed by atoms with Gasteiger partial charge in [0.2, 0.25) is 5.91 Å². The van der Waals surface area contributed by atoms with Crippen molar-refractivity contribution in [1.82, 2.24) is 5.32 Å². The van der Waals surface area contributed by atoms with E-state index in [-0.39, 0.29) is 12.5 Å². The zero-order valence-corrected chi connectivity index (χ0v) is 17.8. The molecule has 2 aromatic carbocycles. The van der Waals surface area contributed by atoms with Gasteiger partial charge in [0.1, 0.15) is 6.61 Å². The van der Waals surface area contributed by atoms with Crippen LogP contribution in [0.25, 0.3) is 0 Å². The summed E-state index contributed by atoms with van der Waals surface area (Å²) in [6.07, 6.45) is 2.49. The summed E-state index contributed by atoms with van der Waals surface area (Å²) in [7, 11) is 0. The normalized spacial score (nSPS) is 13.5. The standard InChI is InChI=1S/C24H31N3O4/c28-23(26-21-10-12-22(13-11-21)27-15-17-30-18-16-27)9-5-2-6-14-25-24(29)31-19-20-7-3-1-4-8-20/h1,3-4,7-8,10-13H,2,5-6,9,14-19H2,(H,25,29)(H,26,28). The number of unbranched alkanes of at least 4 members (excludes halogenated alkanes) is 2. The molecule has 1 heterocycles. The molecule has 31 heavy (non-hydrogen) atoms. The van der Waals surface area contributed by atoms with Crippen LogP contribution in [0.5, 0.6) is 0 Å². The van der Waals surface area contributed by atoms with E-state index in [1.54, 1.807) is 0 Å². The quantitative estimate of drug-likeness (QED) is 0.564. The lowest BCUT2D eigenvalue weighted by atomic mass is 10.2. The van der Waals surface area contributed by atoms with E-state index in [9.17, 15) is 9.59 Å². The van der Waals surface area contributed by atoms with Crippen LogP contribution >= 0.6 is 0 Å². The summed E-state index contributed by atoms with van der Waals surface area (Å²) in [5.74, 6) is 0.00866. The molecule has 0 spiro atoms. The van der Waals surface area contributed by atoms with Crippen LogP contribution in [0.2, 0.25) is 0 Å². The average molecular weight is 426 g/mol. The van der Waals surface area contributed by atoms with Crippen LogP contribution in [-0.4, -0.2) is 44.8 Å². The van der Waals surface area contributed by atoms with Crippen LogP contribution in [0.15, 0.2) is 54.6 Å². The molecule has 7 heteroatoms. The summed E-state index contributed by atoms with van der Waals surface area (Å²) in [5.41, 5.74) is 2.92. The number of anilines is 2. The van der Waals surface area contributed by atoms with Crippen molar-refractivity contribution in [2.24, 2.45) is 0 Å². The Hall–Kier alpha value is -3.06. The van der Waals surface area contributed by atoms with Crippen molar-refractivity contribution in [3.8, 4) is 0 Å². The van der Waals surface area contributed by atoms with Crippen molar-refractivity contribution in [1.29, 1.82) is 0 Å². The first kappa shape index (κ1) is 22.6. The molecule has 1 aliphatic rings. The van der Waals surface area contributed by atoms with Gasteiger partial charge in [0, 0.05) is 37.4 Å². The van der Waals surface area contributed by atoms with Gasteiger partial charge in [0.15, 0.2) is 0 Å². The first-order valence-corrected chi connectivity index (χ1v) is 10.9. The minimum atomic E-state index is -0.415. The molecule has 0 atom stereocenters. The molecule has 2 N–H and O–H groups in total. The van der Waals surface area contributed by atoms with Gasteiger partial charge in [-0.15, -0.1) is 0 Å². The number of amides is 2. The Labute approximate surface area is 183 Å². The summed E-state index contributed by atoms with van der Waals surface area (Å²) in [5, 5.41) is 5.68. The van der Waals surface area contributed by atoms with E-state index in [2.05, 4.69) is 15.5 Å². The number of rotatable bonds is 10. The van der Waals surface area contributed by atoms with Gasteiger partial charge in [-0.1, -0.05) is 36.8 Å². The molecule has 1 saturated heterocycles. The predicted octanol–water partition coefficient (Wildman–Crippen LogP) is 3.95. The van der Waals surface area contributed by atoms with Gasteiger partial charge in [-0.2, -0.15) is 0 Å². The van der Waals surface area contributed by atoms with Gasteiger partial charge in [-0.05, 0) is 42.7 Å². The second-order valence-corrected chi connectivity index (χ2v) is 7.49. The van der Waals surface area contributed by atoms with Gasteiger partial charge in [-0.25, -0.2) is 4.79 Å². The third-order valence-electron chi connectivity index (χ3n) is 5.09. The van der Waals surface area contributed by atoms with Crippen molar-refractivity contribution in [3.63, 3.8) is 0 Å². The lowest BCUT2D eigenvalue weighted by molar-refractivity contribution is -0.116. The molecule has 0 radical (unpaired) electrons. The van der Waals surface area contributed by atoms with Crippen molar-refractivity contribution in [2.45, 2.75) is 32.3 Å². The third-order valence-corrected chi connectivity index (χ3v) is 5.09. The fourth-order valence-corrected chi connectivity index (χ4v) is 3.35. The Balaban J connectivity index is 1.23. The predicted molar refractivity (Wildman–Crippen MR) is 121 cm³/mol. The minimum Gasteiger partial charge on any atom is -0.445 e. The fourth-order valence-electron chi connectivity index (χ4n) is 3.35. The molecule has 2 aromatic rings. The van der Waals surface area contributed by atoms with Crippen LogP contribution in [0.4, 0.5) is 16.2 Å². The maximum absolute atomic E-state index is 12.1. The number of hydrogen-bond donors (Lipinski definition) is 2. The highest BCUT2D eigenvalue weighted by Gasteiger charge is 2.11. The molecule has 166 valence electrons. The second-order valence-electron chi connectivity index (χ2n) is 7.49. The van der Waals surface area contributed by atoms with Crippen molar-refractivity contribution in [3.05, 3.63) is 60.2 Å². The van der Waals surface area contributed by atoms with E-state index in [1.807, 2.05) is 54.6 Å². The van der Waals surface area contributed by atoms with Crippen LogP contribution in [0.3, 0.4) is 0 Å². The Morgan fingerprint density at radius 1 is 0.935 bits per heavy atom. The smallest absolute Gasteiger partial charge is 0.407 e. The Kier molecular flexibility index (Phi) is 9.19. The second kappa shape index (κ2) is 12.6. The zero-order chi connectivity index (χ0) is 21.7. The largest absolute Gasteiger partial charge is 0.445 e. The number of morpholine rings is 1. The molecule has 2 amide bonds. The number of alkyl carbamates (subject to hydrolysis) is 1. The summed E-state index contributed by atoms with van der Waals surface area (Å²) >= 11 is 0. The fraction of sp³-hybridized carbons (Fsp3) is 0.417. The highest BCUT2D eigenvalue weighted by Crippen LogP contribution is 2.19. The van der Waals surface area contributed by atoms with Crippen LogP contribution < -0.4 is 15.5 Å². The maximum Gasteiger partial charge on any atom is 0.407 e. The van der Waals surface area contributed by atoms with Gasteiger partial charge in [0.05, 0.1) is 13.2 Å². The van der Waals surface area contributed by atoms with Gasteiger partial charge < -0.3 is 25.0 Å². The number of carbonyl (C=O) groups excluding carboxylic acids is 2. The molecule has 0 unspecified atom stereocenters. The molecule has 0 aliphatic carbocycles. The Bertz CT molecular complexity index is 805. The first-order chi connectivity index (χ1) is 15.2. The minimum absolute atomic E-state index is 0.00866. The number of nitrogens with zero attached hydrogens (tertiary/aromatic N) is 1. The Morgan fingerprint density at radius 2 is 1.68 bits per heavy atom. The van der Waals surface area contributed by atoms with Crippen LogP contribution in [-0.2, 0) is 20.9 Å².